The molecule has 8 heteroatoms. The van der Waals surface area contributed by atoms with Crippen LogP contribution in [-0.4, -0.2) is 41.3 Å². The van der Waals surface area contributed by atoms with Gasteiger partial charge in [-0.15, -0.1) is 11.3 Å². The van der Waals surface area contributed by atoms with Gasteiger partial charge in [-0.05, 0) is 50.2 Å². The highest BCUT2D eigenvalue weighted by atomic mass is 32.1. The Morgan fingerprint density at radius 1 is 1.15 bits per heavy atom. The van der Waals surface area contributed by atoms with E-state index < -0.39 is 5.91 Å². The first-order chi connectivity index (χ1) is 13.2. The number of carbonyl (C=O) groups excluding carboxylic acids is 2. The van der Waals surface area contributed by atoms with Crippen LogP contribution in [0.4, 0.5) is 0 Å². The van der Waals surface area contributed by atoms with Crippen LogP contribution in [0.25, 0.3) is 10.2 Å². The van der Waals surface area contributed by atoms with Crippen molar-refractivity contribution < 1.29 is 14.0 Å². The lowest BCUT2D eigenvalue weighted by molar-refractivity contribution is -0.123. The first kappa shape index (κ1) is 17.7. The summed E-state index contributed by atoms with van der Waals surface area (Å²) in [6.07, 6.45) is 3.37. The van der Waals surface area contributed by atoms with Crippen LogP contribution < -0.4 is 10.9 Å². The molecule has 0 aliphatic carbocycles. The smallest absolute Gasteiger partial charge is 0.305 e. The zero-order chi connectivity index (χ0) is 18.6. The Morgan fingerprint density at radius 3 is 2.70 bits per heavy atom. The zero-order valence-corrected chi connectivity index (χ0v) is 15.5. The molecule has 4 rings (SSSR count). The third-order valence-corrected chi connectivity index (χ3v) is 5.87. The number of piperidine rings is 1. The van der Waals surface area contributed by atoms with E-state index >= 15 is 0 Å². The number of rotatable bonds is 4. The van der Waals surface area contributed by atoms with Crippen molar-refractivity contribution in [2.24, 2.45) is 0 Å². The van der Waals surface area contributed by atoms with Crippen molar-refractivity contribution in [2.75, 3.05) is 19.6 Å². The van der Waals surface area contributed by atoms with Crippen LogP contribution in [0.5, 0.6) is 0 Å². The van der Waals surface area contributed by atoms with Crippen molar-refractivity contribution in [3.63, 3.8) is 0 Å². The Morgan fingerprint density at radius 2 is 1.96 bits per heavy atom. The van der Waals surface area contributed by atoms with Gasteiger partial charge in [0, 0.05) is 5.92 Å². The average molecular weight is 384 g/mol. The normalized spacial score (nSPS) is 15.7. The molecule has 140 valence electrons. The lowest BCUT2D eigenvalue weighted by Crippen LogP contribution is -2.47. The summed E-state index contributed by atoms with van der Waals surface area (Å²) in [5.41, 5.74) is 5.85. The molecule has 1 aliphatic rings. The van der Waals surface area contributed by atoms with Gasteiger partial charge in [-0.1, -0.05) is 12.1 Å². The molecular formula is C19H20N4O3S. The van der Waals surface area contributed by atoms with Gasteiger partial charge in [0.15, 0.2) is 5.76 Å². The predicted molar refractivity (Wildman–Crippen MR) is 102 cm³/mol. The molecule has 1 aliphatic heterocycles. The second-order valence-corrected chi connectivity index (χ2v) is 7.61. The molecule has 3 heterocycles. The number of carbonyl (C=O) groups is 2. The van der Waals surface area contributed by atoms with E-state index in [0.717, 1.165) is 31.4 Å². The summed E-state index contributed by atoms with van der Waals surface area (Å²) < 4.78 is 6.20. The Hall–Kier alpha value is -2.71. The topological polar surface area (TPSA) is 87.5 Å². The molecule has 0 radical (unpaired) electrons. The minimum atomic E-state index is -0.470. The molecule has 1 aromatic carbocycles. The number of hydrazine groups is 1. The number of thiazole rings is 1. The number of likely N-dealkylation sites (tertiary alicyclic amines) is 1. The van der Waals surface area contributed by atoms with E-state index in [0.29, 0.717) is 5.92 Å². The molecule has 0 unspecified atom stereocenters. The molecule has 2 N–H and O–H groups in total. The van der Waals surface area contributed by atoms with E-state index in [9.17, 15) is 9.59 Å². The fourth-order valence-corrected chi connectivity index (χ4v) is 4.38. The quantitative estimate of drug-likeness (QED) is 0.675. The van der Waals surface area contributed by atoms with Gasteiger partial charge in [-0.2, -0.15) is 0 Å². The van der Waals surface area contributed by atoms with Gasteiger partial charge in [-0.3, -0.25) is 25.3 Å². The Balaban J connectivity index is 1.24. The maximum Gasteiger partial charge on any atom is 0.305 e. The van der Waals surface area contributed by atoms with Crippen molar-refractivity contribution in [1.29, 1.82) is 0 Å². The van der Waals surface area contributed by atoms with Crippen molar-refractivity contribution in [2.45, 2.75) is 18.8 Å². The maximum atomic E-state index is 12.0. The van der Waals surface area contributed by atoms with Crippen molar-refractivity contribution in [1.82, 2.24) is 20.7 Å². The average Bonchev–Trinajstić information content (AvgIpc) is 3.36. The van der Waals surface area contributed by atoms with Gasteiger partial charge in [0.05, 0.1) is 28.0 Å². The first-order valence-electron chi connectivity index (χ1n) is 8.89. The second-order valence-electron chi connectivity index (χ2n) is 6.55. The lowest BCUT2D eigenvalue weighted by atomic mass is 9.97. The Bertz CT molecular complexity index is 896. The molecule has 2 aromatic heterocycles. The molecule has 1 fully saturated rings. The van der Waals surface area contributed by atoms with Gasteiger partial charge in [0.1, 0.15) is 0 Å². The van der Waals surface area contributed by atoms with Gasteiger partial charge in [-0.25, -0.2) is 4.98 Å². The largest absolute Gasteiger partial charge is 0.459 e. The number of amides is 2. The Kier molecular flexibility index (Phi) is 5.17. The van der Waals surface area contributed by atoms with Crippen molar-refractivity contribution in [3.05, 3.63) is 53.4 Å². The van der Waals surface area contributed by atoms with Gasteiger partial charge in [0.25, 0.3) is 5.91 Å². The van der Waals surface area contributed by atoms with Gasteiger partial charge < -0.3 is 4.42 Å². The van der Waals surface area contributed by atoms with Crippen LogP contribution >= 0.6 is 11.3 Å². The number of furan rings is 1. The van der Waals surface area contributed by atoms with E-state index in [2.05, 4.69) is 21.8 Å². The number of fused-ring (bicyclic) bond motifs is 1. The van der Waals surface area contributed by atoms with E-state index in [1.54, 1.807) is 17.4 Å². The third kappa shape index (κ3) is 4.17. The maximum absolute atomic E-state index is 12.0. The summed E-state index contributed by atoms with van der Waals surface area (Å²) >= 11 is 1.76. The minimum absolute atomic E-state index is 0.159. The zero-order valence-electron chi connectivity index (χ0n) is 14.7. The summed E-state index contributed by atoms with van der Waals surface area (Å²) in [5, 5.41) is 1.19. The number of benzene rings is 1. The Labute approximate surface area is 160 Å². The first-order valence-corrected chi connectivity index (χ1v) is 9.71. The second kappa shape index (κ2) is 7.89. The molecule has 2 amide bonds. The predicted octanol–water partition coefficient (Wildman–Crippen LogP) is 2.53. The van der Waals surface area contributed by atoms with Crippen LogP contribution in [0.15, 0.2) is 47.1 Å². The van der Waals surface area contributed by atoms with Crippen LogP contribution in [-0.2, 0) is 4.79 Å². The molecule has 1 saturated heterocycles. The molecule has 7 nitrogen and oxygen atoms in total. The van der Waals surface area contributed by atoms with Gasteiger partial charge >= 0.3 is 5.91 Å². The third-order valence-electron chi connectivity index (χ3n) is 4.67. The molecule has 0 spiro atoms. The number of nitrogens with zero attached hydrogens (tertiary/aromatic N) is 2. The van der Waals surface area contributed by atoms with E-state index in [1.807, 2.05) is 18.2 Å². The number of aromatic nitrogens is 1. The highest BCUT2D eigenvalue weighted by Gasteiger charge is 2.24. The number of nitrogens with one attached hydrogen (secondary N) is 2. The SMILES string of the molecule is O=C(CN1CCC(c2nc3ccccc3s2)CC1)NNC(=O)c1ccco1. The van der Waals surface area contributed by atoms with E-state index in [4.69, 9.17) is 9.40 Å². The van der Waals surface area contributed by atoms with Crippen molar-refractivity contribution >= 4 is 33.4 Å². The molecule has 0 atom stereocenters. The summed E-state index contributed by atoms with van der Waals surface area (Å²) in [4.78, 5) is 30.6. The summed E-state index contributed by atoms with van der Waals surface area (Å²) in [5.74, 6) is -0.108. The molecule has 3 aromatic rings. The van der Waals surface area contributed by atoms with Crippen LogP contribution in [0.3, 0.4) is 0 Å². The standard InChI is InChI=1S/C19H20N4O3S/c24-17(21-22-18(25)15-5-3-11-26-15)12-23-9-7-13(8-10-23)19-20-14-4-1-2-6-16(14)27-19/h1-6,11,13H,7-10,12H2,(H,21,24)(H,22,25). The number of hydrogen-bond donors (Lipinski definition) is 2. The lowest BCUT2D eigenvalue weighted by Gasteiger charge is -2.30. The summed E-state index contributed by atoms with van der Waals surface area (Å²) in [6.45, 7) is 1.92. The minimum Gasteiger partial charge on any atom is -0.459 e. The molecular weight excluding hydrogens is 364 g/mol. The van der Waals surface area contributed by atoms with Crippen LogP contribution in [0.1, 0.15) is 34.3 Å². The fraction of sp³-hybridized carbons (Fsp3) is 0.316. The number of hydrogen-bond acceptors (Lipinski definition) is 6. The highest BCUT2D eigenvalue weighted by molar-refractivity contribution is 7.18. The molecule has 27 heavy (non-hydrogen) atoms. The summed E-state index contributed by atoms with van der Waals surface area (Å²) in [7, 11) is 0. The number of para-hydroxylation sites is 1. The van der Waals surface area contributed by atoms with Crippen LogP contribution in [0.2, 0.25) is 0 Å². The fourth-order valence-electron chi connectivity index (χ4n) is 3.24. The van der Waals surface area contributed by atoms with E-state index in [-0.39, 0.29) is 18.2 Å². The van der Waals surface area contributed by atoms with Crippen LogP contribution in [0, 0.1) is 0 Å². The molecule has 0 bridgehead atoms. The highest BCUT2D eigenvalue weighted by Crippen LogP contribution is 2.33. The van der Waals surface area contributed by atoms with E-state index in [1.165, 1.54) is 22.0 Å². The monoisotopic (exact) mass is 384 g/mol. The van der Waals surface area contributed by atoms with Crippen molar-refractivity contribution in [3.8, 4) is 0 Å². The summed E-state index contributed by atoms with van der Waals surface area (Å²) in [6, 6.07) is 11.4. The van der Waals surface area contributed by atoms with Gasteiger partial charge in [0.2, 0.25) is 0 Å². The molecule has 0 saturated carbocycles.